The Kier molecular flexibility index (Phi) is 4.62. The number of carbonyl (C=O) groups is 1. The summed E-state index contributed by atoms with van der Waals surface area (Å²) in [5.41, 5.74) is 5.80. The summed E-state index contributed by atoms with van der Waals surface area (Å²) in [4.78, 5) is 16.6. The minimum Gasteiger partial charge on any atom is -0.341 e. The van der Waals surface area contributed by atoms with E-state index in [1.54, 1.807) is 0 Å². The second kappa shape index (κ2) is 6.02. The maximum absolute atomic E-state index is 12.4. The lowest BCUT2D eigenvalue weighted by Crippen LogP contribution is -2.50. The molecule has 1 aliphatic heterocycles. The number of rotatable bonds is 4. The molecule has 0 radical (unpaired) electrons. The fourth-order valence-electron chi connectivity index (χ4n) is 3.07. The van der Waals surface area contributed by atoms with Gasteiger partial charge in [-0.15, -0.1) is 0 Å². The van der Waals surface area contributed by atoms with E-state index in [2.05, 4.69) is 11.9 Å². The Morgan fingerprint density at radius 1 is 1.33 bits per heavy atom. The lowest BCUT2D eigenvalue weighted by Gasteiger charge is -2.38. The summed E-state index contributed by atoms with van der Waals surface area (Å²) < 4.78 is 0. The molecular weight excluding hydrogens is 226 g/mol. The van der Waals surface area contributed by atoms with E-state index < -0.39 is 0 Å². The molecule has 2 N–H and O–H groups in total. The van der Waals surface area contributed by atoms with E-state index in [4.69, 9.17) is 5.73 Å². The van der Waals surface area contributed by atoms with Crippen molar-refractivity contribution in [3.63, 3.8) is 0 Å². The van der Waals surface area contributed by atoms with Gasteiger partial charge in [-0.05, 0) is 52.0 Å². The Balaban J connectivity index is 1.77. The summed E-state index contributed by atoms with van der Waals surface area (Å²) in [5.74, 6) is 1.00. The molecule has 2 aliphatic rings. The Labute approximate surface area is 110 Å². The Bertz CT molecular complexity index is 283. The first-order valence-electron chi connectivity index (χ1n) is 7.32. The van der Waals surface area contributed by atoms with Gasteiger partial charge in [0.25, 0.3) is 0 Å². The van der Waals surface area contributed by atoms with Crippen molar-refractivity contribution in [1.29, 1.82) is 0 Å². The molecule has 0 aromatic carbocycles. The summed E-state index contributed by atoms with van der Waals surface area (Å²) in [7, 11) is 2.07. The summed E-state index contributed by atoms with van der Waals surface area (Å²) >= 11 is 0. The SMILES string of the molecule is CC(C(=O)N1CCCCC1)N(C)CC1CC(N)C1. The van der Waals surface area contributed by atoms with Gasteiger partial charge in [-0.25, -0.2) is 0 Å². The van der Waals surface area contributed by atoms with Crippen LogP contribution in [0.5, 0.6) is 0 Å². The molecule has 1 saturated carbocycles. The van der Waals surface area contributed by atoms with Gasteiger partial charge >= 0.3 is 0 Å². The molecule has 0 spiro atoms. The third-order valence-electron chi connectivity index (χ3n) is 4.50. The van der Waals surface area contributed by atoms with E-state index in [0.717, 1.165) is 32.5 Å². The molecule has 1 atom stereocenters. The first kappa shape index (κ1) is 13.8. The number of amides is 1. The molecular formula is C14H27N3O. The quantitative estimate of drug-likeness (QED) is 0.815. The van der Waals surface area contributed by atoms with Gasteiger partial charge in [0.1, 0.15) is 0 Å². The minimum absolute atomic E-state index is 0.0138. The Morgan fingerprint density at radius 3 is 2.50 bits per heavy atom. The van der Waals surface area contributed by atoms with Crippen LogP contribution in [-0.4, -0.2) is 54.5 Å². The van der Waals surface area contributed by atoms with Crippen molar-refractivity contribution < 1.29 is 4.79 Å². The van der Waals surface area contributed by atoms with E-state index in [9.17, 15) is 4.79 Å². The molecule has 0 aromatic heterocycles. The second-order valence-electron chi connectivity index (χ2n) is 6.10. The maximum Gasteiger partial charge on any atom is 0.239 e. The van der Waals surface area contributed by atoms with Crippen LogP contribution < -0.4 is 5.73 Å². The second-order valence-corrected chi connectivity index (χ2v) is 6.10. The van der Waals surface area contributed by atoms with Crippen LogP contribution in [-0.2, 0) is 4.79 Å². The highest BCUT2D eigenvalue weighted by Gasteiger charge is 2.30. The molecule has 4 heteroatoms. The van der Waals surface area contributed by atoms with Crippen molar-refractivity contribution >= 4 is 5.91 Å². The number of hydrogen-bond donors (Lipinski definition) is 1. The predicted molar refractivity (Wildman–Crippen MR) is 73.2 cm³/mol. The van der Waals surface area contributed by atoms with Crippen LogP contribution in [0.15, 0.2) is 0 Å². The highest BCUT2D eigenvalue weighted by molar-refractivity contribution is 5.81. The van der Waals surface area contributed by atoms with Gasteiger partial charge in [0.2, 0.25) is 5.91 Å². The van der Waals surface area contributed by atoms with Crippen molar-refractivity contribution in [1.82, 2.24) is 9.80 Å². The summed E-state index contributed by atoms with van der Waals surface area (Å²) in [6.45, 7) is 4.95. The van der Waals surface area contributed by atoms with Crippen LogP contribution in [0.1, 0.15) is 39.0 Å². The summed E-state index contributed by atoms with van der Waals surface area (Å²) in [5, 5.41) is 0. The molecule has 104 valence electrons. The van der Waals surface area contributed by atoms with Gasteiger partial charge in [-0.3, -0.25) is 9.69 Å². The third kappa shape index (κ3) is 3.23. The summed E-state index contributed by atoms with van der Waals surface area (Å²) in [6, 6.07) is 0.413. The third-order valence-corrected chi connectivity index (χ3v) is 4.50. The first-order valence-corrected chi connectivity index (χ1v) is 7.32. The van der Waals surface area contributed by atoms with Crippen LogP contribution >= 0.6 is 0 Å². The van der Waals surface area contributed by atoms with E-state index in [1.165, 1.54) is 19.3 Å². The van der Waals surface area contributed by atoms with Crippen molar-refractivity contribution in [3.05, 3.63) is 0 Å². The monoisotopic (exact) mass is 253 g/mol. The smallest absolute Gasteiger partial charge is 0.239 e. The predicted octanol–water partition coefficient (Wildman–Crippen LogP) is 1.06. The number of nitrogens with zero attached hydrogens (tertiary/aromatic N) is 2. The minimum atomic E-state index is 0.0138. The lowest BCUT2D eigenvalue weighted by atomic mass is 9.80. The van der Waals surface area contributed by atoms with Crippen LogP contribution in [0, 0.1) is 5.92 Å². The highest BCUT2D eigenvalue weighted by atomic mass is 16.2. The van der Waals surface area contributed by atoms with Crippen molar-refractivity contribution in [2.75, 3.05) is 26.7 Å². The number of piperidine rings is 1. The lowest BCUT2D eigenvalue weighted by molar-refractivity contribution is -0.137. The van der Waals surface area contributed by atoms with Crippen LogP contribution in [0.25, 0.3) is 0 Å². The molecule has 2 fully saturated rings. The molecule has 18 heavy (non-hydrogen) atoms. The van der Waals surface area contributed by atoms with E-state index in [1.807, 2.05) is 11.8 Å². The number of carbonyl (C=O) groups excluding carboxylic acids is 1. The molecule has 1 unspecified atom stereocenters. The standard InChI is InChI=1S/C14H27N3O/c1-11(14(18)17-6-4-3-5-7-17)16(2)10-12-8-13(15)9-12/h11-13H,3-10,15H2,1-2H3. The van der Waals surface area contributed by atoms with Gasteiger partial charge < -0.3 is 10.6 Å². The molecule has 0 aromatic rings. The topological polar surface area (TPSA) is 49.6 Å². The van der Waals surface area contributed by atoms with Gasteiger partial charge in [-0.1, -0.05) is 0 Å². The highest BCUT2D eigenvalue weighted by Crippen LogP contribution is 2.26. The fraction of sp³-hybridized carbons (Fsp3) is 0.929. The van der Waals surface area contributed by atoms with Crippen molar-refractivity contribution in [2.24, 2.45) is 11.7 Å². The summed E-state index contributed by atoms with van der Waals surface area (Å²) in [6.07, 6.45) is 5.84. The molecule has 2 rings (SSSR count). The number of nitrogens with two attached hydrogens (primary N) is 1. The van der Waals surface area contributed by atoms with Crippen LogP contribution in [0.3, 0.4) is 0 Å². The van der Waals surface area contributed by atoms with E-state index >= 15 is 0 Å². The van der Waals surface area contributed by atoms with Crippen molar-refractivity contribution in [3.8, 4) is 0 Å². The van der Waals surface area contributed by atoms with Gasteiger partial charge in [-0.2, -0.15) is 0 Å². The zero-order chi connectivity index (χ0) is 13.1. The largest absolute Gasteiger partial charge is 0.341 e. The van der Waals surface area contributed by atoms with E-state index in [-0.39, 0.29) is 6.04 Å². The Morgan fingerprint density at radius 2 is 1.94 bits per heavy atom. The molecule has 1 heterocycles. The van der Waals surface area contributed by atoms with E-state index in [0.29, 0.717) is 17.9 Å². The number of likely N-dealkylation sites (tertiary alicyclic amines) is 1. The fourth-order valence-corrected chi connectivity index (χ4v) is 3.07. The normalized spacial score (nSPS) is 30.1. The van der Waals surface area contributed by atoms with Gasteiger partial charge in [0.15, 0.2) is 0 Å². The number of likely N-dealkylation sites (N-methyl/N-ethyl adjacent to an activating group) is 1. The average Bonchev–Trinajstić information content (AvgIpc) is 2.36. The maximum atomic E-state index is 12.4. The number of hydrogen-bond acceptors (Lipinski definition) is 3. The Hall–Kier alpha value is -0.610. The molecule has 1 saturated heterocycles. The van der Waals surface area contributed by atoms with Gasteiger partial charge in [0.05, 0.1) is 6.04 Å². The molecule has 4 nitrogen and oxygen atoms in total. The van der Waals surface area contributed by atoms with Crippen molar-refractivity contribution in [2.45, 2.75) is 51.1 Å². The van der Waals surface area contributed by atoms with Crippen LogP contribution in [0.4, 0.5) is 0 Å². The molecule has 1 amide bonds. The molecule has 1 aliphatic carbocycles. The molecule has 0 bridgehead atoms. The zero-order valence-electron chi connectivity index (χ0n) is 11.8. The zero-order valence-corrected chi connectivity index (χ0v) is 11.8. The van der Waals surface area contributed by atoms with Gasteiger partial charge in [0, 0.05) is 25.7 Å². The van der Waals surface area contributed by atoms with Crippen LogP contribution in [0.2, 0.25) is 0 Å². The first-order chi connectivity index (χ1) is 8.58. The average molecular weight is 253 g/mol.